The molecule has 112 valence electrons. The Balaban J connectivity index is 2.22. The standard InChI is InChI=1S/C13H15ClN4O2S/c1-2-6-16-13-11(14)8-10(9-17-13)21(19,20)18-12-5-3-4-7-15-12/h3-5,7-9H,2,6H2,1H3,(H,15,18)(H,16,17). The van der Waals surface area contributed by atoms with Crippen LogP contribution in [0.5, 0.6) is 0 Å². The van der Waals surface area contributed by atoms with Gasteiger partial charge in [0, 0.05) is 18.9 Å². The van der Waals surface area contributed by atoms with Gasteiger partial charge in [-0.2, -0.15) is 0 Å². The van der Waals surface area contributed by atoms with E-state index in [1.807, 2.05) is 6.92 Å². The molecule has 2 rings (SSSR count). The van der Waals surface area contributed by atoms with Gasteiger partial charge in [0.05, 0.1) is 5.02 Å². The van der Waals surface area contributed by atoms with Crippen LogP contribution in [0.3, 0.4) is 0 Å². The lowest BCUT2D eigenvalue weighted by Crippen LogP contribution is -2.14. The molecular weight excluding hydrogens is 312 g/mol. The molecule has 6 nitrogen and oxygen atoms in total. The number of nitrogens with one attached hydrogen (secondary N) is 2. The molecule has 0 spiro atoms. The van der Waals surface area contributed by atoms with E-state index in [-0.39, 0.29) is 15.7 Å². The maximum atomic E-state index is 12.2. The smallest absolute Gasteiger partial charge is 0.264 e. The third-order valence-corrected chi connectivity index (χ3v) is 4.18. The molecule has 0 fully saturated rings. The maximum absolute atomic E-state index is 12.2. The van der Waals surface area contributed by atoms with E-state index in [1.54, 1.807) is 18.2 Å². The highest BCUT2D eigenvalue weighted by molar-refractivity contribution is 7.92. The molecule has 0 atom stereocenters. The zero-order valence-electron chi connectivity index (χ0n) is 11.4. The molecule has 2 aromatic rings. The highest BCUT2D eigenvalue weighted by Gasteiger charge is 2.17. The molecule has 0 aliphatic rings. The molecule has 2 aromatic heterocycles. The second-order valence-corrected chi connectivity index (χ2v) is 6.34. The van der Waals surface area contributed by atoms with Gasteiger partial charge in [0.2, 0.25) is 0 Å². The molecule has 0 saturated carbocycles. The van der Waals surface area contributed by atoms with Gasteiger partial charge in [0.15, 0.2) is 0 Å². The van der Waals surface area contributed by atoms with Crippen molar-refractivity contribution >= 4 is 33.3 Å². The Bertz CT molecular complexity index is 707. The van der Waals surface area contributed by atoms with Crippen molar-refractivity contribution < 1.29 is 8.42 Å². The number of anilines is 2. The quantitative estimate of drug-likeness (QED) is 0.852. The normalized spacial score (nSPS) is 11.1. The maximum Gasteiger partial charge on any atom is 0.264 e. The van der Waals surface area contributed by atoms with Gasteiger partial charge < -0.3 is 5.32 Å². The predicted octanol–water partition coefficient (Wildman–Crippen LogP) is 2.75. The first-order valence-corrected chi connectivity index (χ1v) is 8.22. The van der Waals surface area contributed by atoms with Gasteiger partial charge in [-0.25, -0.2) is 18.4 Å². The lowest BCUT2D eigenvalue weighted by Gasteiger charge is -2.10. The van der Waals surface area contributed by atoms with E-state index in [0.29, 0.717) is 12.4 Å². The first-order chi connectivity index (χ1) is 10.0. The Labute approximate surface area is 128 Å². The van der Waals surface area contributed by atoms with Gasteiger partial charge >= 0.3 is 0 Å². The minimum atomic E-state index is -3.76. The lowest BCUT2D eigenvalue weighted by atomic mass is 10.4. The van der Waals surface area contributed by atoms with Crippen LogP contribution in [0.1, 0.15) is 13.3 Å². The average molecular weight is 327 g/mol. The van der Waals surface area contributed by atoms with Gasteiger partial charge in [0.25, 0.3) is 10.0 Å². The number of pyridine rings is 2. The fourth-order valence-electron chi connectivity index (χ4n) is 1.56. The van der Waals surface area contributed by atoms with Crippen LogP contribution < -0.4 is 10.0 Å². The summed E-state index contributed by atoms with van der Waals surface area (Å²) in [5.74, 6) is 0.706. The molecule has 0 saturated heterocycles. The van der Waals surface area contributed by atoms with Crippen molar-refractivity contribution in [2.24, 2.45) is 0 Å². The van der Waals surface area contributed by atoms with Crippen molar-refractivity contribution in [1.29, 1.82) is 0 Å². The number of hydrogen-bond acceptors (Lipinski definition) is 5. The monoisotopic (exact) mass is 326 g/mol. The minimum Gasteiger partial charge on any atom is -0.369 e. The number of hydrogen-bond donors (Lipinski definition) is 2. The van der Waals surface area contributed by atoms with Crippen molar-refractivity contribution in [3.8, 4) is 0 Å². The SMILES string of the molecule is CCCNc1ncc(S(=O)(=O)Nc2ccccn2)cc1Cl. The Morgan fingerprint density at radius 2 is 2.10 bits per heavy atom. The molecule has 0 aliphatic heterocycles. The fourth-order valence-corrected chi connectivity index (χ4v) is 2.84. The van der Waals surface area contributed by atoms with Crippen LogP contribution in [0.2, 0.25) is 5.02 Å². The predicted molar refractivity (Wildman–Crippen MR) is 83.1 cm³/mol. The van der Waals surface area contributed by atoms with Crippen molar-refractivity contribution in [3.05, 3.63) is 41.7 Å². The molecule has 2 N–H and O–H groups in total. The van der Waals surface area contributed by atoms with E-state index in [2.05, 4.69) is 20.0 Å². The van der Waals surface area contributed by atoms with Crippen LogP contribution in [-0.4, -0.2) is 24.9 Å². The van der Waals surface area contributed by atoms with Crippen molar-refractivity contribution in [3.63, 3.8) is 0 Å². The average Bonchev–Trinajstić information content (AvgIpc) is 2.46. The molecule has 2 heterocycles. The van der Waals surface area contributed by atoms with Crippen LogP contribution in [0.25, 0.3) is 0 Å². The van der Waals surface area contributed by atoms with E-state index in [9.17, 15) is 8.42 Å². The van der Waals surface area contributed by atoms with Gasteiger partial charge in [-0.15, -0.1) is 0 Å². The van der Waals surface area contributed by atoms with Crippen molar-refractivity contribution in [1.82, 2.24) is 9.97 Å². The third kappa shape index (κ3) is 4.05. The van der Waals surface area contributed by atoms with Crippen LogP contribution in [-0.2, 0) is 10.0 Å². The van der Waals surface area contributed by atoms with E-state index in [0.717, 1.165) is 6.42 Å². The number of rotatable bonds is 6. The summed E-state index contributed by atoms with van der Waals surface area (Å²) in [4.78, 5) is 7.94. The number of halogens is 1. The molecule has 0 aliphatic carbocycles. The van der Waals surface area contributed by atoms with Gasteiger partial charge in [-0.05, 0) is 24.6 Å². The molecule has 0 aromatic carbocycles. The molecule has 0 bridgehead atoms. The van der Waals surface area contributed by atoms with Crippen molar-refractivity contribution in [2.75, 3.05) is 16.6 Å². The Kier molecular flexibility index (Phi) is 4.98. The first-order valence-electron chi connectivity index (χ1n) is 6.36. The highest BCUT2D eigenvalue weighted by atomic mass is 35.5. The van der Waals surface area contributed by atoms with Gasteiger partial charge in [-0.3, -0.25) is 4.72 Å². The third-order valence-electron chi connectivity index (χ3n) is 2.57. The van der Waals surface area contributed by atoms with Crippen LogP contribution in [0, 0.1) is 0 Å². The Morgan fingerprint density at radius 1 is 1.29 bits per heavy atom. The largest absolute Gasteiger partial charge is 0.369 e. The van der Waals surface area contributed by atoms with Crippen LogP contribution in [0.4, 0.5) is 11.6 Å². The second-order valence-electron chi connectivity index (χ2n) is 4.25. The molecule has 0 amide bonds. The van der Waals surface area contributed by atoms with E-state index < -0.39 is 10.0 Å². The Morgan fingerprint density at radius 3 is 2.71 bits per heavy atom. The van der Waals surface area contributed by atoms with E-state index >= 15 is 0 Å². The number of sulfonamides is 1. The summed E-state index contributed by atoms with van der Waals surface area (Å²) in [5, 5.41) is 3.28. The Hall–Kier alpha value is -1.86. The zero-order valence-corrected chi connectivity index (χ0v) is 12.9. The summed E-state index contributed by atoms with van der Waals surface area (Å²) in [6.07, 6.45) is 3.68. The summed E-state index contributed by atoms with van der Waals surface area (Å²) < 4.78 is 26.8. The van der Waals surface area contributed by atoms with Crippen LogP contribution >= 0.6 is 11.6 Å². The first kappa shape index (κ1) is 15.5. The van der Waals surface area contributed by atoms with E-state index in [1.165, 1.54) is 18.5 Å². The summed E-state index contributed by atoms with van der Waals surface area (Å²) in [6.45, 7) is 2.72. The molecule has 0 radical (unpaired) electrons. The number of aromatic nitrogens is 2. The summed E-state index contributed by atoms with van der Waals surface area (Å²) in [5.41, 5.74) is 0. The molecule has 21 heavy (non-hydrogen) atoms. The molecular formula is C13H15ClN4O2S. The van der Waals surface area contributed by atoms with Crippen molar-refractivity contribution in [2.45, 2.75) is 18.2 Å². The number of nitrogens with zero attached hydrogens (tertiary/aromatic N) is 2. The van der Waals surface area contributed by atoms with Crippen LogP contribution in [0.15, 0.2) is 41.6 Å². The van der Waals surface area contributed by atoms with Gasteiger partial charge in [-0.1, -0.05) is 24.6 Å². The van der Waals surface area contributed by atoms with E-state index in [4.69, 9.17) is 11.6 Å². The lowest BCUT2D eigenvalue weighted by molar-refractivity contribution is 0.600. The summed E-state index contributed by atoms with van der Waals surface area (Å²) >= 11 is 6.04. The zero-order chi connectivity index (χ0) is 15.3. The highest BCUT2D eigenvalue weighted by Crippen LogP contribution is 2.23. The minimum absolute atomic E-state index is 0.0137. The summed E-state index contributed by atoms with van der Waals surface area (Å²) in [7, 11) is -3.76. The molecule has 0 unspecified atom stereocenters. The summed E-state index contributed by atoms with van der Waals surface area (Å²) in [6, 6.07) is 6.31. The van der Waals surface area contributed by atoms with Gasteiger partial charge in [0.1, 0.15) is 16.5 Å². The topological polar surface area (TPSA) is 84.0 Å². The fraction of sp³-hybridized carbons (Fsp3) is 0.231. The second kappa shape index (κ2) is 6.73. The molecule has 8 heteroatoms.